The van der Waals surface area contributed by atoms with Gasteiger partial charge in [-0.1, -0.05) is 53.0 Å². The van der Waals surface area contributed by atoms with Gasteiger partial charge >= 0.3 is 0 Å². The standard InChI is InChI=1S/C19H19Cl3N2O3S/c20-15-8-7-13(10-17(15)22)12-28(26,27)24-9-3-4-14(11-24)19(25)23-18-6-2-1-5-16(18)21/h1-2,5-8,10,14H,3-4,9,11-12H2,(H,23,25). The Labute approximate surface area is 179 Å². The minimum atomic E-state index is -3.59. The molecule has 0 radical (unpaired) electrons. The number of para-hydroxylation sites is 1. The van der Waals surface area contributed by atoms with Gasteiger partial charge in [-0.3, -0.25) is 4.79 Å². The van der Waals surface area contributed by atoms with E-state index in [9.17, 15) is 13.2 Å². The molecule has 150 valence electrons. The fourth-order valence-electron chi connectivity index (χ4n) is 3.14. The Balaban J connectivity index is 1.68. The van der Waals surface area contributed by atoms with E-state index in [-0.39, 0.29) is 18.2 Å². The van der Waals surface area contributed by atoms with E-state index in [0.29, 0.717) is 45.7 Å². The lowest BCUT2D eigenvalue weighted by Gasteiger charge is -2.31. The zero-order valence-electron chi connectivity index (χ0n) is 14.9. The van der Waals surface area contributed by atoms with Crippen LogP contribution in [0.25, 0.3) is 0 Å². The van der Waals surface area contributed by atoms with Gasteiger partial charge in [0.2, 0.25) is 15.9 Å². The van der Waals surface area contributed by atoms with E-state index in [1.54, 1.807) is 42.5 Å². The number of sulfonamides is 1. The van der Waals surface area contributed by atoms with Gasteiger partial charge in [0, 0.05) is 13.1 Å². The number of carbonyl (C=O) groups excluding carboxylic acids is 1. The highest BCUT2D eigenvalue weighted by atomic mass is 35.5. The fourth-order valence-corrected chi connectivity index (χ4v) is 5.24. The number of anilines is 1. The number of halogens is 3. The van der Waals surface area contributed by atoms with Crippen LogP contribution in [0.3, 0.4) is 0 Å². The lowest BCUT2D eigenvalue weighted by molar-refractivity contribution is -0.120. The van der Waals surface area contributed by atoms with Gasteiger partial charge in [-0.25, -0.2) is 12.7 Å². The Morgan fingerprint density at radius 2 is 1.82 bits per heavy atom. The third-order valence-corrected chi connectivity index (χ3v) is 7.50. The third-order valence-electron chi connectivity index (χ3n) is 4.61. The number of amides is 1. The van der Waals surface area contributed by atoms with Gasteiger partial charge in [0.15, 0.2) is 0 Å². The molecule has 1 aliphatic rings. The van der Waals surface area contributed by atoms with Crippen LogP contribution in [0.15, 0.2) is 42.5 Å². The van der Waals surface area contributed by atoms with Crippen LogP contribution < -0.4 is 5.32 Å². The molecule has 1 fully saturated rings. The molecule has 1 amide bonds. The van der Waals surface area contributed by atoms with E-state index in [1.807, 2.05) is 0 Å². The zero-order chi connectivity index (χ0) is 20.3. The minimum Gasteiger partial charge on any atom is -0.324 e. The van der Waals surface area contributed by atoms with Crippen LogP contribution in [0, 0.1) is 5.92 Å². The molecular weight excluding hydrogens is 443 g/mol. The van der Waals surface area contributed by atoms with Crippen LogP contribution in [0.2, 0.25) is 15.1 Å². The summed E-state index contributed by atoms with van der Waals surface area (Å²) in [5.41, 5.74) is 1.07. The molecule has 9 heteroatoms. The first-order chi connectivity index (χ1) is 13.3. The molecule has 1 unspecified atom stereocenters. The van der Waals surface area contributed by atoms with Crippen molar-refractivity contribution in [2.45, 2.75) is 18.6 Å². The molecule has 2 aromatic carbocycles. The van der Waals surface area contributed by atoms with Crippen molar-refractivity contribution >= 4 is 56.4 Å². The van der Waals surface area contributed by atoms with Crippen molar-refractivity contribution in [3.8, 4) is 0 Å². The van der Waals surface area contributed by atoms with Gasteiger partial charge in [-0.2, -0.15) is 0 Å². The highest BCUT2D eigenvalue weighted by molar-refractivity contribution is 7.88. The van der Waals surface area contributed by atoms with Gasteiger partial charge in [0.25, 0.3) is 0 Å². The Morgan fingerprint density at radius 3 is 2.54 bits per heavy atom. The van der Waals surface area contributed by atoms with E-state index < -0.39 is 15.9 Å². The van der Waals surface area contributed by atoms with Gasteiger partial charge in [0.1, 0.15) is 0 Å². The molecule has 1 saturated heterocycles. The first kappa shape index (κ1) is 21.4. The number of nitrogens with one attached hydrogen (secondary N) is 1. The second-order valence-corrected chi connectivity index (χ2v) is 9.86. The predicted octanol–water partition coefficient (Wildman–Crippen LogP) is 4.83. The molecule has 0 spiro atoms. The highest BCUT2D eigenvalue weighted by Crippen LogP contribution is 2.27. The first-order valence-electron chi connectivity index (χ1n) is 8.73. The molecular formula is C19H19Cl3N2O3S. The molecule has 28 heavy (non-hydrogen) atoms. The molecule has 0 aliphatic carbocycles. The third kappa shape index (κ3) is 5.19. The first-order valence-corrected chi connectivity index (χ1v) is 11.5. The number of hydrogen-bond donors (Lipinski definition) is 1. The van der Waals surface area contributed by atoms with Crippen molar-refractivity contribution in [1.82, 2.24) is 4.31 Å². The second kappa shape index (κ2) is 9.01. The maximum Gasteiger partial charge on any atom is 0.228 e. The van der Waals surface area contributed by atoms with Crippen LogP contribution in [-0.2, 0) is 20.6 Å². The fraction of sp³-hybridized carbons (Fsp3) is 0.316. The van der Waals surface area contributed by atoms with Crippen molar-refractivity contribution in [3.05, 3.63) is 63.1 Å². The van der Waals surface area contributed by atoms with Gasteiger partial charge in [-0.05, 0) is 42.7 Å². The minimum absolute atomic E-state index is 0.139. The van der Waals surface area contributed by atoms with E-state index in [4.69, 9.17) is 34.8 Å². The highest BCUT2D eigenvalue weighted by Gasteiger charge is 2.32. The van der Waals surface area contributed by atoms with E-state index in [1.165, 1.54) is 4.31 Å². The molecule has 0 aromatic heterocycles. The number of nitrogens with zero attached hydrogens (tertiary/aromatic N) is 1. The van der Waals surface area contributed by atoms with Crippen LogP contribution >= 0.6 is 34.8 Å². The molecule has 5 nitrogen and oxygen atoms in total. The molecule has 2 aromatic rings. The van der Waals surface area contributed by atoms with Crippen LogP contribution in [0.4, 0.5) is 5.69 Å². The molecule has 1 atom stereocenters. The summed E-state index contributed by atoms with van der Waals surface area (Å²) in [6.45, 7) is 0.527. The smallest absolute Gasteiger partial charge is 0.228 e. The lowest BCUT2D eigenvalue weighted by atomic mass is 9.99. The zero-order valence-corrected chi connectivity index (χ0v) is 18.0. The summed E-state index contributed by atoms with van der Waals surface area (Å²) in [5.74, 6) is -0.862. The summed E-state index contributed by atoms with van der Waals surface area (Å²) in [4.78, 5) is 12.6. The van der Waals surface area contributed by atoms with E-state index in [2.05, 4.69) is 5.32 Å². The van der Waals surface area contributed by atoms with Gasteiger partial charge < -0.3 is 5.32 Å². The largest absolute Gasteiger partial charge is 0.324 e. The van der Waals surface area contributed by atoms with Crippen molar-refractivity contribution in [3.63, 3.8) is 0 Å². The van der Waals surface area contributed by atoms with E-state index in [0.717, 1.165) is 0 Å². The molecule has 0 saturated carbocycles. The van der Waals surface area contributed by atoms with Crippen molar-refractivity contribution < 1.29 is 13.2 Å². The van der Waals surface area contributed by atoms with Gasteiger partial charge in [-0.15, -0.1) is 0 Å². The molecule has 3 rings (SSSR count). The van der Waals surface area contributed by atoms with E-state index >= 15 is 0 Å². The summed E-state index contributed by atoms with van der Waals surface area (Å²) in [6, 6.07) is 11.7. The van der Waals surface area contributed by atoms with Crippen molar-refractivity contribution in [2.24, 2.45) is 5.92 Å². The SMILES string of the molecule is O=C(Nc1ccccc1Cl)C1CCCN(S(=O)(=O)Cc2ccc(Cl)c(Cl)c2)C1. The van der Waals surface area contributed by atoms with Crippen molar-refractivity contribution in [2.75, 3.05) is 18.4 Å². The van der Waals surface area contributed by atoms with Crippen molar-refractivity contribution in [1.29, 1.82) is 0 Å². The monoisotopic (exact) mass is 460 g/mol. The lowest BCUT2D eigenvalue weighted by Crippen LogP contribution is -2.44. The maximum atomic E-state index is 12.8. The second-order valence-electron chi connectivity index (χ2n) is 6.67. The van der Waals surface area contributed by atoms with Gasteiger partial charge in [0.05, 0.1) is 32.4 Å². The Bertz CT molecular complexity index is 982. The number of rotatable bonds is 5. The topological polar surface area (TPSA) is 66.5 Å². The molecule has 1 aliphatic heterocycles. The normalized spacial score (nSPS) is 18.0. The maximum absolute atomic E-state index is 12.8. The number of benzene rings is 2. The molecule has 1 N–H and O–H groups in total. The summed E-state index contributed by atoms with van der Waals surface area (Å²) in [6.07, 6.45) is 1.23. The van der Waals surface area contributed by atoms with Crippen LogP contribution in [0.5, 0.6) is 0 Å². The average Bonchev–Trinajstić information content (AvgIpc) is 2.66. The molecule has 1 heterocycles. The predicted molar refractivity (Wildman–Crippen MR) is 113 cm³/mol. The molecule has 0 bridgehead atoms. The van der Waals surface area contributed by atoms with Crippen LogP contribution in [-0.4, -0.2) is 31.7 Å². The summed E-state index contributed by atoms with van der Waals surface area (Å²) in [7, 11) is -3.59. The number of carbonyl (C=O) groups is 1. The summed E-state index contributed by atoms with van der Waals surface area (Å²) >= 11 is 17.9. The Hall–Kier alpha value is -1.31. The Kier molecular flexibility index (Phi) is 6.89. The summed E-state index contributed by atoms with van der Waals surface area (Å²) < 4.78 is 27.0. The number of piperidine rings is 1. The Morgan fingerprint density at radius 1 is 1.07 bits per heavy atom. The summed E-state index contributed by atoms with van der Waals surface area (Å²) in [5, 5.41) is 3.91. The quantitative estimate of drug-likeness (QED) is 0.693. The number of hydrogen-bond acceptors (Lipinski definition) is 3. The van der Waals surface area contributed by atoms with Crippen LogP contribution in [0.1, 0.15) is 18.4 Å². The average molecular weight is 462 g/mol.